The number of oxazole rings is 1. The van der Waals surface area contributed by atoms with Gasteiger partial charge in [-0.3, -0.25) is 4.79 Å². The number of benzene rings is 1. The summed E-state index contributed by atoms with van der Waals surface area (Å²) in [6.45, 7) is 6.04. The minimum atomic E-state index is -0.0213. The molecule has 4 aromatic rings. The highest BCUT2D eigenvalue weighted by Gasteiger charge is 2.25. The van der Waals surface area contributed by atoms with Crippen molar-refractivity contribution in [2.75, 3.05) is 31.1 Å². The molecule has 0 bridgehead atoms. The topological polar surface area (TPSA) is 101 Å². The molecular formula is C23H21ClN6O3. The van der Waals surface area contributed by atoms with Crippen LogP contribution in [0.1, 0.15) is 22.7 Å². The van der Waals surface area contributed by atoms with Crippen LogP contribution in [0.3, 0.4) is 0 Å². The molecule has 9 nitrogen and oxygen atoms in total. The number of fused-ring (bicyclic) bond motifs is 1. The lowest BCUT2D eigenvalue weighted by Crippen LogP contribution is -2.48. The van der Waals surface area contributed by atoms with E-state index >= 15 is 0 Å². The summed E-state index contributed by atoms with van der Waals surface area (Å²) in [7, 11) is 0. The number of carbonyl (C=O) groups is 1. The Kier molecular flexibility index (Phi) is 5.78. The normalized spacial score (nSPS) is 14.1. The molecule has 0 aliphatic carbocycles. The maximum atomic E-state index is 13.0. The average Bonchev–Trinajstić information content (AvgIpc) is 3.49. The number of carbonyl (C=O) groups excluding carboxylic acids is 1. The molecule has 0 saturated carbocycles. The second-order valence-electron chi connectivity index (χ2n) is 7.65. The molecule has 33 heavy (non-hydrogen) atoms. The maximum Gasteiger partial charge on any atom is 0.300 e. The number of piperazine rings is 1. The summed E-state index contributed by atoms with van der Waals surface area (Å²) in [5.41, 5.74) is 2.48. The van der Waals surface area contributed by atoms with Gasteiger partial charge in [0, 0.05) is 43.7 Å². The van der Waals surface area contributed by atoms with Gasteiger partial charge in [-0.2, -0.15) is 9.97 Å². The quantitative estimate of drug-likeness (QED) is 0.311. The third kappa shape index (κ3) is 4.45. The number of pyridine rings is 1. The molecule has 1 aromatic carbocycles. The molecule has 10 heteroatoms. The summed E-state index contributed by atoms with van der Waals surface area (Å²) in [5, 5.41) is 4.38. The molecule has 0 N–H and O–H groups in total. The molecule has 0 radical (unpaired) electrons. The van der Waals surface area contributed by atoms with E-state index in [0.717, 1.165) is 12.0 Å². The predicted molar refractivity (Wildman–Crippen MR) is 123 cm³/mol. The summed E-state index contributed by atoms with van der Waals surface area (Å²) in [6, 6.07) is 11.2. The molecule has 1 amide bonds. The molecule has 168 valence electrons. The maximum absolute atomic E-state index is 13.0. The van der Waals surface area contributed by atoms with E-state index in [-0.39, 0.29) is 5.91 Å². The molecule has 5 rings (SSSR count). The Morgan fingerprint density at radius 2 is 1.85 bits per heavy atom. The number of amides is 1. The number of halogens is 1. The summed E-state index contributed by atoms with van der Waals surface area (Å²) >= 11 is 5.92. The smallest absolute Gasteiger partial charge is 0.300 e. The van der Waals surface area contributed by atoms with E-state index in [4.69, 9.17) is 20.5 Å². The largest absolute Gasteiger partial charge is 0.422 e. The first-order chi connectivity index (χ1) is 16.1. The first-order valence-electron chi connectivity index (χ1n) is 10.6. The van der Waals surface area contributed by atoms with Gasteiger partial charge in [-0.15, -0.1) is 6.58 Å². The van der Waals surface area contributed by atoms with Crippen LogP contribution in [0, 0.1) is 0 Å². The van der Waals surface area contributed by atoms with Crippen LogP contribution in [0.25, 0.3) is 22.6 Å². The Bertz CT molecular complexity index is 1290. The number of anilines is 1. The minimum absolute atomic E-state index is 0.0213. The molecule has 0 spiro atoms. The molecule has 0 atom stereocenters. The van der Waals surface area contributed by atoms with Crippen LogP contribution >= 0.6 is 11.6 Å². The van der Waals surface area contributed by atoms with Gasteiger partial charge in [-0.05, 0) is 30.7 Å². The standard InChI is InChI=1S/C23H21ClN6O3/c1-2-3-4-19-26-20(28-33-19)15-5-7-16(8-6-15)22(31)29-11-13-30(14-12-29)23-27-21-17(32-23)9-10-18(24)25-21/h2,5-10H,1,3-4,11-14H2. The van der Waals surface area contributed by atoms with E-state index < -0.39 is 0 Å². The first kappa shape index (κ1) is 21.1. The van der Waals surface area contributed by atoms with Crippen molar-refractivity contribution in [2.45, 2.75) is 12.8 Å². The number of aryl methyl sites for hydroxylation is 1. The average molecular weight is 465 g/mol. The van der Waals surface area contributed by atoms with Crippen molar-refractivity contribution >= 4 is 34.8 Å². The Morgan fingerprint density at radius 1 is 1.06 bits per heavy atom. The summed E-state index contributed by atoms with van der Waals surface area (Å²) < 4.78 is 11.0. The van der Waals surface area contributed by atoms with Crippen LogP contribution in [0.5, 0.6) is 0 Å². The molecule has 3 aromatic heterocycles. The number of nitrogens with zero attached hydrogens (tertiary/aromatic N) is 6. The van der Waals surface area contributed by atoms with E-state index in [1.54, 1.807) is 24.3 Å². The van der Waals surface area contributed by atoms with Gasteiger partial charge in [0.15, 0.2) is 5.58 Å². The van der Waals surface area contributed by atoms with Gasteiger partial charge in [0.25, 0.3) is 11.9 Å². The van der Waals surface area contributed by atoms with Crippen LogP contribution in [0.2, 0.25) is 5.15 Å². The van der Waals surface area contributed by atoms with Gasteiger partial charge < -0.3 is 18.7 Å². The van der Waals surface area contributed by atoms with Crippen molar-refractivity contribution in [3.8, 4) is 11.4 Å². The zero-order valence-corrected chi connectivity index (χ0v) is 18.5. The van der Waals surface area contributed by atoms with Gasteiger partial charge in [0.05, 0.1) is 0 Å². The lowest BCUT2D eigenvalue weighted by atomic mass is 10.1. The fourth-order valence-corrected chi connectivity index (χ4v) is 3.81. The highest BCUT2D eigenvalue weighted by atomic mass is 35.5. The summed E-state index contributed by atoms with van der Waals surface area (Å²) in [6.07, 6.45) is 3.25. The fourth-order valence-electron chi connectivity index (χ4n) is 3.66. The van der Waals surface area contributed by atoms with E-state index in [2.05, 4.69) is 26.7 Å². The number of hydrogen-bond acceptors (Lipinski definition) is 8. The number of allylic oxidation sites excluding steroid dienone is 1. The highest BCUT2D eigenvalue weighted by molar-refractivity contribution is 6.29. The van der Waals surface area contributed by atoms with Gasteiger partial charge in [-0.1, -0.05) is 35.0 Å². The van der Waals surface area contributed by atoms with E-state index in [9.17, 15) is 4.79 Å². The highest BCUT2D eigenvalue weighted by Crippen LogP contribution is 2.24. The molecule has 1 saturated heterocycles. The zero-order chi connectivity index (χ0) is 22.8. The van der Waals surface area contributed by atoms with Crippen molar-refractivity contribution in [3.05, 3.63) is 65.7 Å². The van der Waals surface area contributed by atoms with E-state index in [0.29, 0.717) is 72.3 Å². The fraction of sp³-hybridized carbons (Fsp3) is 0.261. The Hall–Kier alpha value is -3.72. The van der Waals surface area contributed by atoms with Crippen molar-refractivity contribution in [3.63, 3.8) is 0 Å². The van der Waals surface area contributed by atoms with Crippen LogP contribution in [-0.2, 0) is 6.42 Å². The van der Waals surface area contributed by atoms with Crippen LogP contribution in [0.15, 0.2) is 58.0 Å². The lowest BCUT2D eigenvalue weighted by molar-refractivity contribution is 0.0745. The molecule has 4 heterocycles. The van der Waals surface area contributed by atoms with E-state index in [1.807, 2.05) is 28.0 Å². The van der Waals surface area contributed by atoms with Crippen LogP contribution in [0.4, 0.5) is 6.01 Å². The number of hydrogen-bond donors (Lipinski definition) is 0. The second kappa shape index (κ2) is 9.03. The van der Waals surface area contributed by atoms with Crippen molar-refractivity contribution in [1.82, 2.24) is 25.0 Å². The summed E-state index contributed by atoms with van der Waals surface area (Å²) in [5.74, 6) is 1.06. The Balaban J connectivity index is 1.21. The number of aromatic nitrogens is 4. The minimum Gasteiger partial charge on any atom is -0.422 e. The monoisotopic (exact) mass is 464 g/mol. The second-order valence-corrected chi connectivity index (χ2v) is 8.04. The third-order valence-electron chi connectivity index (χ3n) is 5.47. The van der Waals surface area contributed by atoms with Crippen molar-refractivity contribution in [1.29, 1.82) is 0 Å². The Labute approximate surface area is 194 Å². The van der Waals surface area contributed by atoms with Crippen molar-refractivity contribution < 1.29 is 13.7 Å². The van der Waals surface area contributed by atoms with Gasteiger partial charge in [0.2, 0.25) is 17.4 Å². The lowest BCUT2D eigenvalue weighted by Gasteiger charge is -2.33. The molecule has 0 unspecified atom stereocenters. The van der Waals surface area contributed by atoms with E-state index in [1.165, 1.54) is 0 Å². The summed E-state index contributed by atoms with van der Waals surface area (Å²) in [4.78, 5) is 29.8. The first-order valence-corrected chi connectivity index (χ1v) is 11.0. The number of rotatable bonds is 6. The predicted octanol–water partition coefficient (Wildman–Crippen LogP) is 4.01. The van der Waals surface area contributed by atoms with Crippen molar-refractivity contribution in [2.24, 2.45) is 0 Å². The van der Waals surface area contributed by atoms with Gasteiger partial charge >= 0.3 is 0 Å². The SMILES string of the molecule is C=CCCc1nc(-c2ccc(C(=O)N3CCN(c4nc5nc(Cl)ccc5o4)CC3)cc2)no1. The molecular weight excluding hydrogens is 444 g/mol. The van der Waals surface area contributed by atoms with Gasteiger partial charge in [0.1, 0.15) is 5.15 Å². The van der Waals surface area contributed by atoms with Crippen LogP contribution in [-0.4, -0.2) is 57.1 Å². The zero-order valence-electron chi connectivity index (χ0n) is 17.8. The molecule has 1 aliphatic heterocycles. The van der Waals surface area contributed by atoms with Gasteiger partial charge in [-0.25, -0.2) is 4.98 Å². The third-order valence-corrected chi connectivity index (χ3v) is 5.68. The van der Waals surface area contributed by atoms with Crippen LogP contribution < -0.4 is 4.90 Å². The molecule has 1 aliphatic rings. The molecule has 1 fully saturated rings. The Morgan fingerprint density at radius 3 is 2.61 bits per heavy atom.